The van der Waals surface area contributed by atoms with E-state index in [0.717, 1.165) is 45.5 Å². The van der Waals surface area contributed by atoms with Crippen LogP contribution in [0.1, 0.15) is 22.3 Å². The van der Waals surface area contributed by atoms with Gasteiger partial charge in [-0.3, -0.25) is 4.98 Å². The van der Waals surface area contributed by atoms with Crippen LogP contribution in [0.2, 0.25) is 0 Å². The predicted molar refractivity (Wildman–Crippen MR) is 143 cm³/mol. The Morgan fingerprint density at radius 3 is 2.54 bits per heavy atom. The molecule has 0 spiro atoms. The van der Waals surface area contributed by atoms with Crippen LogP contribution in [0.4, 0.5) is 24.7 Å². The Balaban J connectivity index is 1.38. The normalized spacial score (nSPS) is 11.6. The summed E-state index contributed by atoms with van der Waals surface area (Å²) < 4.78 is 39.2. The zero-order chi connectivity index (χ0) is 26.0. The van der Waals surface area contributed by atoms with E-state index >= 15 is 0 Å². The van der Waals surface area contributed by atoms with Gasteiger partial charge in [0, 0.05) is 47.5 Å². The first-order valence-electron chi connectivity index (χ1n) is 11.6. The maximum Gasteiger partial charge on any atom is 0.416 e. The number of benzene rings is 2. The Labute approximate surface area is 216 Å². The fourth-order valence-corrected chi connectivity index (χ4v) is 4.41. The van der Waals surface area contributed by atoms with Crippen molar-refractivity contribution in [1.82, 2.24) is 19.9 Å². The van der Waals surface area contributed by atoms with E-state index in [1.807, 2.05) is 49.5 Å². The summed E-state index contributed by atoms with van der Waals surface area (Å²) in [5.41, 5.74) is 5.04. The van der Waals surface area contributed by atoms with Crippen LogP contribution >= 0.6 is 12.2 Å². The molecule has 2 N–H and O–H groups in total. The number of aromatic nitrogens is 4. The van der Waals surface area contributed by atoms with Crippen molar-refractivity contribution >= 4 is 39.6 Å². The zero-order valence-corrected chi connectivity index (χ0v) is 20.6. The average molecular weight is 518 g/mol. The van der Waals surface area contributed by atoms with E-state index in [-0.39, 0.29) is 0 Å². The van der Waals surface area contributed by atoms with E-state index in [1.54, 1.807) is 18.5 Å². The smallest absolute Gasteiger partial charge is 0.357 e. The molecule has 5 nitrogen and oxygen atoms in total. The number of fused-ring (bicyclic) bond motifs is 1. The molecular formula is C28H22F3N5S. The van der Waals surface area contributed by atoms with Gasteiger partial charge in [0.25, 0.3) is 0 Å². The van der Waals surface area contributed by atoms with Gasteiger partial charge < -0.3 is 10.3 Å². The lowest BCUT2D eigenvalue weighted by molar-refractivity contribution is -0.137. The molecule has 5 aromatic rings. The number of aromatic amines is 1. The summed E-state index contributed by atoms with van der Waals surface area (Å²) in [5, 5.41) is 3.43. The number of H-pyrrole nitrogens is 1. The molecule has 3 heterocycles. The van der Waals surface area contributed by atoms with Crippen molar-refractivity contribution in [3.63, 3.8) is 0 Å². The standard InChI is InChI=1S/C28H22F3N5S/c1-17-7-8-19(14-22(37)13-18-4-2-6-21(12-18)28(29,30)31)15-24(17)35-27-25-23(9-11-33-25)34-26(36-27)20-5-3-10-32-16-20/h2-12,15-16,33H,13-14H2,1H3,(H,34,35,36). The van der Waals surface area contributed by atoms with Crippen molar-refractivity contribution in [3.8, 4) is 11.4 Å². The Bertz CT molecular complexity index is 1580. The largest absolute Gasteiger partial charge is 0.416 e. The van der Waals surface area contributed by atoms with Crippen molar-refractivity contribution in [2.75, 3.05) is 5.32 Å². The molecule has 0 amide bonds. The Morgan fingerprint density at radius 1 is 0.973 bits per heavy atom. The number of hydrogen-bond acceptors (Lipinski definition) is 5. The molecule has 186 valence electrons. The van der Waals surface area contributed by atoms with E-state index in [4.69, 9.17) is 17.2 Å². The lowest BCUT2D eigenvalue weighted by atomic mass is 10.0. The molecule has 5 rings (SSSR count). The van der Waals surface area contributed by atoms with E-state index in [2.05, 4.69) is 20.3 Å². The van der Waals surface area contributed by atoms with Gasteiger partial charge in [-0.25, -0.2) is 9.97 Å². The van der Waals surface area contributed by atoms with Crippen molar-refractivity contribution in [2.45, 2.75) is 25.9 Å². The summed E-state index contributed by atoms with van der Waals surface area (Å²) in [5.74, 6) is 1.18. The van der Waals surface area contributed by atoms with E-state index < -0.39 is 11.7 Å². The van der Waals surface area contributed by atoms with Gasteiger partial charge in [-0.05, 0) is 53.9 Å². The minimum Gasteiger partial charge on any atom is -0.357 e. The van der Waals surface area contributed by atoms with Gasteiger partial charge in [0.05, 0.1) is 11.1 Å². The highest BCUT2D eigenvalue weighted by atomic mass is 32.1. The summed E-state index contributed by atoms with van der Waals surface area (Å²) in [6.45, 7) is 1.99. The average Bonchev–Trinajstić information content (AvgIpc) is 3.35. The highest BCUT2D eigenvalue weighted by Gasteiger charge is 2.30. The van der Waals surface area contributed by atoms with Crippen molar-refractivity contribution in [3.05, 3.63) is 102 Å². The Kier molecular flexibility index (Phi) is 6.71. The Hall–Kier alpha value is -4.11. The second kappa shape index (κ2) is 10.1. The zero-order valence-electron chi connectivity index (χ0n) is 19.8. The lowest BCUT2D eigenvalue weighted by Crippen LogP contribution is -2.08. The summed E-state index contributed by atoms with van der Waals surface area (Å²) in [6, 6.07) is 16.9. The molecule has 0 atom stereocenters. The lowest BCUT2D eigenvalue weighted by Gasteiger charge is -2.14. The molecule has 0 aliphatic heterocycles. The third-order valence-electron chi connectivity index (χ3n) is 5.94. The molecule has 0 aliphatic rings. The number of anilines is 2. The van der Waals surface area contributed by atoms with Crippen molar-refractivity contribution in [1.29, 1.82) is 0 Å². The minimum atomic E-state index is -4.38. The van der Waals surface area contributed by atoms with Gasteiger partial charge in [-0.15, -0.1) is 0 Å². The van der Waals surface area contributed by atoms with Crippen LogP contribution < -0.4 is 5.32 Å². The Morgan fingerprint density at radius 2 is 1.78 bits per heavy atom. The predicted octanol–water partition coefficient (Wildman–Crippen LogP) is 7.25. The molecule has 37 heavy (non-hydrogen) atoms. The molecule has 2 aromatic carbocycles. The molecule has 0 saturated carbocycles. The van der Waals surface area contributed by atoms with Crippen LogP contribution in [-0.2, 0) is 19.0 Å². The van der Waals surface area contributed by atoms with Gasteiger partial charge in [-0.2, -0.15) is 13.2 Å². The molecule has 3 aromatic heterocycles. The summed E-state index contributed by atoms with van der Waals surface area (Å²) >= 11 is 5.55. The van der Waals surface area contributed by atoms with Gasteiger partial charge in [0.1, 0.15) is 5.52 Å². The fraction of sp³-hybridized carbons (Fsp3) is 0.143. The SMILES string of the molecule is Cc1ccc(CC(=S)Cc2cccc(C(F)(F)F)c2)cc1Nc1nc(-c2cccnc2)nc2cc[nH]c12. The second-order valence-electron chi connectivity index (χ2n) is 8.74. The van der Waals surface area contributed by atoms with Gasteiger partial charge in [0.15, 0.2) is 11.6 Å². The van der Waals surface area contributed by atoms with Gasteiger partial charge in [-0.1, -0.05) is 42.5 Å². The van der Waals surface area contributed by atoms with Crippen LogP contribution in [0.5, 0.6) is 0 Å². The molecule has 0 bridgehead atoms. The number of alkyl halides is 3. The topological polar surface area (TPSA) is 66.5 Å². The third-order valence-corrected chi connectivity index (χ3v) is 6.23. The number of halogens is 3. The first-order valence-corrected chi connectivity index (χ1v) is 12.0. The van der Waals surface area contributed by atoms with E-state index in [0.29, 0.717) is 34.9 Å². The number of hydrogen-bond donors (Lipinski definition) is 2. The number of aryl methyl sites for hydroxylation is 1. The summed E-state index contributed by atoms with van der Waals surface area (Å²) in [6.07, 6.45) is 1.60. The number of rotatable bonds is 7. The quantitative estimate of drug-likeness (QED) is 0.223. The molecule has 0 aliphatic carbocycles. The number of pyridine rings is 1. The van der Waals surface area contributed by atoms with Crippen LogP contribution in [0.3, 0.4) is 0 Å². The fourth-order valence-electron chi connectivity index (χ4n) is 4.08. The molecule has 0 unspecified atom stereocenters. The van der Waals surface area contributed by atoms with Crippen molar-refractivity contribution in [2.24, 2.45) is 0 Å². The summed E-state index contributed by atoms with van der Waals surface area (Å²) in [7, 11) is 0. The van der Waals surface area contributed by atoms with E-state index in [9.17, 15) is 13.2 Å². The number of thiocarbonyl (C=S) groups is 1. The second-order valence-corrected chi connectivity index (χ2v) is 9.32. The first kappa shape index (κ1) is 24.6. The number of nitrogens with one attached hydrogen (secondary N) is 2. The van der Waals surface area contributed by atoms with Crippen LogP contribution in [-0.4, -0.2) is 24.8 Å². The summed E-state index contributed by atoms with van der Waals surface area (Å²) in [4.78, 5) is 17.4. The molecule has 0 fully saturated rings. The van der Waals surface area contributed by atoms with Crippen LogP contribution in [0, 0.1) is 6.92 Å². The maximum atomic E-state index is 13.1. The van der Waals surface area contributed by atoms with Gasteiger partial charge >= 0.3 is 6.18 Å². The van der Waals surface area contributed by atoms with Crippen LogP contribution in [0.15, 0.2) is 79.3 Å². The highest BCUT2D eigenvalue weighted by Crippen LogP contribution is 2.30. The molecular weight excluding hydrogens is 495 g/mol. The third kappa shape index (κ3) is 5.67. The highest BCUT2D eigenvalue weighted by molar-refractivity contribution is 7.80. The first-order chi connectivity index (χ1) is 17.8. The van der Waals surface area contributed by atoms with E-state index in [1.165, 1.54) is 6.07 Å². The molecule has 0 radical (unpaired) electrons. The number of nitrogens with zero attached hydrogens (tertiary/aromatic N) is 3. The molecule has 9 heteroatoms. The minimum absolute atomic E-state index is 0.291. The van der Waals surface area contributed by atoms with Gasteiger partial charge in [0.2, 0.25) is 0 Å². The maximum absolute atomic E-state index is 13.1. The monoisotopic (exact) mass is 517 g/mol. The van der Waals surface area contributed by atoms with Crippen molar-refractivity contribution < 1.29 is 13.2 Å². The molecule has 0 saturated heterocycles. The van der Waals surface area contributed by atoms with Crippen LogP contribution in [0.25, 0.3) is 22.4 Å².